The minimum atomic E-state index is -2.59. The third kappa shape index (κ3) is 6.23. The molecule has 46 heavy (non-hydrogen) atoms. The third-order valence-electron chi connectivity index (χ3n) is 9.79. The molecule has 3 aliphatic rings. The van der Waals surface area contributed by atoms with Crippen LogP contribution in [0.5, 0.6) is 6.01 Å². The molecule has 2 fully saturated rings. The van der Waals surface area contributed by atoms with Gasteiger partial charge in [-0.25, -0.2) is 15.4 Å². The van der Waals surface area contributed by atoms with Crippen LogP contribution >= 0.6 is 0 Å². The van der Waals surface area contributed by atoms with E-state index >= 15 is 0 Å². The zero-order chi connectivity index (χ0) is 32.6. The van der Waals surface area contributed by atoms with Crippen LogP contribution in [-0.4, -0.2) is 96.1 Å². The van der Waals surface area contributed by atoms with Crippen molar-refractivity contribution in [3.8, 4) is 6.01 Å². The van der Waals surface area contributed by atoms with E-state index in [9.17, 15) is 13.6 Å². The Morgan fingerprint density at radius 1 is 1.20 bits per heavy atom. The van der Waals surface area contributed by atoms with Crippen LogP contribution < -0.4 is 14.5 Å². The molecule has 242 valence electrons. The van der Waals surface area contributed by atoms with Crippen molar-refractivity contribution in [1.29, 1.82) is 0 Å². The Kier molecular flexibility index (Phi) is 8.84. The molecular formula is C35H41F2N7O2. The van der Waals surface area contributed by atoms with Gasteiger partial charge in [-0.05, 0) is 50.4 Å². The summed E-state index contributed by atoms with van der Waals surface area (Å²) in [7, 11) is 1.86. The molecule has 3 heterocycles. The van der Waals surface area contributed by atoms with Gasteiger partial charge in [-0.3, -0.25) is 9.69 Å². The SMILES string of the molecule is [C-]#[N+]C[C@H]1CN(c2nc(OC[C@H](C)N(C)C3CC(F)(F)C3)nc3c2CCN(c2cccc4cccc(C)c24)C3)CCN1C(=O)C=C. The summed E-state index contributed by atoms with van der Waals surface area (Å²) in [6, 6.07) is 12.4. The van der Waals surface area contributed by atoms with Crippen molar-refractivity contribution < 1.29 is 18.3 Å². The fraction of sp³-hybridized carbons (Fsp3) is 0.486. The van der Waals surface area contributed by atoms with Crippen molar-refractivity contribution in [1.82, 2.24) is 19.8 Å². The molecule has 6 rings (SSSR count). The van der Waals surface area contributed by atoms with E-state index in [0.717, 1.165) is 35.7 Å². The lowest BCUT2D eigenvalue weighted by atomic mass is 9.86. The number of likely N-dealkylation sites (N-methyl/N-ethyl adjacent to an activating group) is 1. The second kappa shape index (κ2) is 12.8. The Hall–Kier alpha value is -4.30. The molecule has 0 radical (unpaired) electrons. The van der Waals surface area contributed by atoms with Crippen molar-refractivity contribution >= 4 is 28.2 Å². The maximum Gasteiger partial charge on any atom is 0.318 e. The number of hydrogen-bond acceptors (Lipinski definition) is 7. The Morgan fingerprint density at radius 3 is 2.67 bits per heavy atom. The van der Waals surface area contributed by atoms with Crippen LogP contribution in [0.2, 0.25) is 0 Å². The molecule has 0 unspecified atom stereocenters. The number of aromatic nitrogens is 2. The molecule has 1 amide bonds. The lowest BCUT2D eigenvalue weighted by Gasteiger charge is -2.43. The number of anilines is 2. The molecule has 1 aromatic heterocycles. The van der Waals surface area contributed by atoms with Crippen LogP contribution in [0.15, 0.2) is 49.1 Å². The fourth-order valence-corrected chi connectivity index (χ4v) is 7.00. The zero-order valence-corrected chi connectivity index (χ0v) is 26.8. The van der Waals surface area contributed by atoms with E-state index in [1.807, 2.05) is 18.9 Å². The summed E-state index contributed by atoms with van der Waals surface area (Å²) in [5.41, 5.74) is 4.30. The molecule has 0 bridgehead atoms. The van der Waals surface area contributed by atoms with Gasteiger partial charge in [0.05, 0.1) is 12.2 Å². The summed E-state index contributed by atoms with van der Waals surface area (Å²) in [6.07, 6.45) is 1.75. The minimum absolute atomic E-state index is 0.115. The number of alkyl halides is 2. The van der Waals surface area contributed by atoms with Gasteiger partial charge >= 0.3 is 6.01 Å². The highest BCUT2D eigenvalue weighted by Gasteiger charge is 2.47. The van der Waals surface area contributed by atoms with Crippen molar-refractivity contribution in [2.45, 2.75) is 63.7 Å². The lowest BCUT2D eigenvalue weighted by molar-refractivity contribution is -0.128. The summed E-state index contributed by atoms with van der Waals surface area (Å²) < 4.78 is 33.3. The van der Waals surface area contributed by atoms with Gasteiger partial charge < -0.3 is 24.3 Å². The Morgan fingerprint density at radius 2 is 1.96 bits per heavy atom. The molecular weight excluding hydrogens is 588 g/mol. The monoisotopic (exact) mass is 629 g/mol. The largest absolute Gasteiger partial charge is 0.462 e. The number of halogens is 2. The summed E-state index contributed by atoms with van der Waals surface area (Å²) in [6.45, 7) is 18.5. The molecule has 0 N–H and O–H groups in total. The first-order valence-electron chi connectivity index (χ1n) is 16.0. The molecule has 9 nitrogen and oxygen atoms in total. The van der Waals surface area contributed by atoms with E-state index in [2.05, 4.69) is 64.5 Å². The maximum atomic E-state index is 13.5. The van der Waals surface area contributed by atoms with Crippen molar-refractivity contribution in [2.24, 2.45) is 0 Å². The molecule has 1 saturated heterocycles. The van der Waals surface area contributed by atoms with Crippen LogP contribution in [0.25, 0.3) is 15.6 Å². The summed E-state index contributed by atoms with van der Waals surface area (Å²) in [4.78, 5) is 34.2. The van der Waals surface area contributed by atoms with Crippen LogP contribution in [0.1, 0.15) is 36.6 Å². The number of aryl methyl sites for hydroxylation is 1. The lowest BCUT2D eigenvalue weighted by Crippen LogP contribution is -2.56. The molecule has 3 aromatic rings. The van der Waals surface area contributed by atoms with E-state index in [-0.39, 0.29) is 56.0 Å². The van der Waals surface area contributed by atoms with Gasteiger partial charge in [-0.2, -0.15) is 9.97 Å². The number of nitrogens with zero attached hydrogens (tertiary/aromatic N) is 7. The average molecular weight is 630 g/mol. The molecule has 1 saturated carbocycles. The molecule has 11 heteroatoms. The second-order valence-electron chi connectivity index (χ2n) is 12.8. The van der Waals surface area contributed by atoms with Crippen LogP contribution in [-0.2, 0) is 17.8 Å². The topological polar surface area (TPSA) is 69.4 Å². The zero-order valence-electron chi connectivity index (χ0n) is 26.8. The van der Waals surface area contributed by atoms with Gasteiger partial charge in [0.15, 0.2) is 0 Å². The number of hydrogen-bond donors (Lipinski definition) is 0. The minimum Gasteiger partial charge on any atom is -0.462 e. The normalized spacial score (nSPS) is 20.2. The summed E-state index contributed by atoms with van der Waals surface area (Å²) >= 11 is 0. The van der Waals surface area contributed by atoms with E-state index in [1.54, 1.807) is 4.90 Å². The van der Waals surface area contributed by atoms with Crippen molar-refractivity contribution in [3.05, 3.63) is 77.3 Å². The summed E-state index contributed by atoms with van der Waals surface area (Å²) in [5, 5.41) is 2.42. The Labute approximate surface area is 269 Å². The van der Waals surface area contributed by atoms with Gasteiger partial charge in [-0.15, -0.1) is 0 Å². The van der Waals surface area contributed by atoms with Gasteiger partial charge in [-0.1, -0.05) is 36.9 Å². The first-order chi connectivity index (χ1) is 22.1. The number of carbonyl (C=O) groups is 1. The quantitative estimate of drug-likeness (QED) is 0.241. The molecule has 2 aliphatic heterocycles. The standard InChI is InChI=1S/C35H41F2N7O2/c1-6-31(45)44-16-15-43(20-27(44)19-38-4)33-28-13-14-42(30-12-8-11-25-10-7-9-23(2)32(25)30)21-29(28)39-34(40-33)46-22-24(3)41(5)26-17-35(36,37)18-26/h6-12,24,26-27H,1,13-22H2,2-3,5H3/t24-,27-/m0/s1. The molecule has 2 atom stereocenters. The van der Waals surface area contributed by atoms with E-state index in [0.29, 0.717) is 26.2 Å². The molecule has 1 aliphatic carbocycles. The van der Waals surface area contributed by atoms with Gasteiger partial charge in [0.2, 0.25) is 12.5 Å². The highest BCUT2D eigenvalue weighted by atomic mass is 19.3. The number of carbonyl (C=O) groups excluding carboxylic acids is 1. The number of benzene rings is 2. The van der Waals surface area contributed by atoms with Gasteiger partial charge in [0.25, 0.3) is 5.92 Å². The van der Waals surface area contributed by atoms with E-state index in [1.165, 1.54) is 22.4 Å². The first-order valence-corrected chi connectivity index (χ1v) is 16.0. The summed E-state index contributed by atoms with van der Waals surface area (Å²) in [5.74, 6) is -1.99. The Balaban J connectivity index is 1.30. The maximum absolute atomic E-state index is 13.5. The van der Waals surface area contributed by atoms with E-state index < -0.39 is 5.92 Å². The average Bonchev–Trinajstić information content (AvgIpc) is 3.04. The number of ether oxygens (including phenoxy) is 1. The number of amides is 1. The predicted molar refractivity (Wildman–Crippen MR) is 176 cm³/mol. The molecule has 2 aromatic carbocycles. The van der Waals surface area contributed by atoms with Crippen LogP contribution in [0.4, 0.5) is 20.3 Å². The second-order valence-corrected chi connectivity index (χ2v) is 12.8. The Bertz CT molecular complexity index is 1660. The smallest absolute Gasteiger partial charge is 0.318 e. The predicted octanol–water partition coefficient (Wildman–Crippen LogP) is 5.12. The van der Waals surface area contributed by atoms with Crippen LogP contribution in [0.3, 0.4) is 0 Å². The molecule has 0 spiro atoms. The number of fused-ring (bicyclic) bond motifs is 2. The number of piperazine rings is 1. The van der Waals surface area contributed by atoms with Crippen molar-refractivity contribution in [2.75, 3.05) is 56.2 Å². The highest BCUT2D eigenvalue weighted by Crippen LogP contribution is 2.41. The fourth-order valence-electron chi connectivity index (χ4n) is 7.00. The van der Waals surface area contributed by atoms with Crippen molar-refractivity contribution in [3.63, 3.8) is 0 Å². The number of rotatable bonds is 9. The third-order valence-corrected chi connectivity index (χ3v) is 9.79. The highest BCUT2D eigenvalue weighted by molar-refractivity contribution is 5.97. The first kappa shape index (κ1) is 31.7. The van der Waals surface area contributed by atoms with Crippen LogP contribution in [0, 0.1) is 13.5 Å². The van der Waals surface area contributed by atoms with E-state index in [4.69, 9.17) is 21.3 Å². The van der Waals surface area contributed by atoms with Gasteiger partial charge in [0, 0.05) is 67.7 Å². The van der Waals surface area contributed by atoms with Gasteiger partial charge in [0.1, 0.15) is 18.5 Å².